The summed E-state index contributed by atoms with van der Waals surface area (Å²) in [6.45, 7) is 1.64. The van der Waals surface area contributed by atoms with Gasteiger partial charge in [0.05, 0.1) is 11.6 Å². The van der Waals surface area contributed by atoms with Crippen LogP contribution in [0, 0.1) is 5.92 Å². The maximum absolute atomic E-state index is 14.0. The molecule has 1 aliphatic carbocycles. The largest absolute Gasteiger partial charge is 0.381 e. The molecule has 0 N–H and O–H groups in total. The molecule has 2 heterocycles. The third-order valence-electron chi connectivity index (χ3n) is 4.47. The third-order valence-corrected chi connectivity index (χ3v) is 5.48. The first-order valence-electron chi connectivity index (χ1n) is 7.55. The number of hydrogen-bond acceptors (Lipinski definition) is 3. The Hall–Kier alpha value is -0.550. The Morgan fingerprint density at radius 1 is 1.25 bits per heavy atom. The molecule has 0 spiro atoms. The van der Waals surface area contributed by atoms with E-state index in [9.17, 15) is 8.78 Å². The average Bonchev–Trinajstić information content (AvgIpc) is 2.87. The van der Waals surface area contributed by atoms with E-state index < -0.39 is 11.8 Å². The van der Waals surface area contributed by atoms with E-state index >= 15 is 0 Å². The highest BCUT2D eigenvalue weighted by atomic mass is 32.1. The van der Waals surface area contributed by atoms with Crippen LogP contribution in [0.3, 0.4) is 0 Å². The van der Waals surface area contributed by atoms with E-state index in [1.165, 1.54) is 11.3 Å². The topological polar surface area (TPSA) is 22.1 Å². The molecule has 2 fully saturated rings. The normalized spacial score (nSPS) is 27.6. The van der Waals surface area contributed by atoms with Gasteiger partial charge in [-0.25, -0.2) is 13.8 Å². The van der Waals surface area contributed by atoms with Crippen molar-refractivity contribution in [1.82, 2.24) is 4.98 Å². The van der Waals surface area contributed by atoms with Gasteiger partial charge in [-0.2, -0.15) is 0 Å². The van der Waals surface area contributed by atoms with Crippen LogP contribution in [0.1, 0.15) is 55.1 Å². The van der Waals surface area contributed by atoms with Crippen LogP contribution in [0.4, 0.5) is 8.78 Å². The Balaban J connectivity index is 1.66. The first-order valence-corrected chi connectivity index (χ1v) is 8.43. The smallest absolute Gasteiger partial charge is 0.257 e. The minimum atomic E-state index is -2.56. The van der Waals surface area contributed by atoms with Crippen LogP contribution in [0.5, 0.6) is 0 Å². The van der Waals surface area contributed by atoms with Crippen molar-refractivity contribution >= 4 is 11.3 Å². The predicted molar refractivity (Wildman–Crippen MR) is 75.5 cm³/mol. The van der Waals surface area contributed by atoms with Gasteiger partial charge >= 0.3 is 0 Å². The van der Waals surface area contributed by atoms with E-state index in [4.69, 9.17) is 4.74 Å². The second kappa shape index (κ2) is 6.06. The molecule has 1 atom stereocenters. The number of ether oxygens (including phenoxy) is 1. The van der Waals surface area contributed by atoms with E-state index in [0.717, 1.165) is 44.6 Å². The Labute approximate surface area is 122 Å². The Morgan fingerprint density at radius 2 is 2.05 bits per heavy atom. The molecule has 5 heteroatoms. The molecule has 1 unspecified atom stereocenters. The zero-order valence-corrected chi connectivity index (χ0v) is 12.4. The summed E-state index contributed by atoms with van der Waals surface area (Å²) in [6.07, 6.45) is 5.18. The molecule has 112 valence electrons. The molecule has 3 rings (SSSR count). The minimum Gasteiger partial charge on any atom is -0.381 e. The fourth-order valence-electron chi connectivity index (χ4n) is 3.22. The number of nitrogens with zero attached hydrogens (tertiary/aromatic N) is 1. The maximum atomic E-state index is 14.0. The van der Waals surface area contributed by atoms with Crippen molar-refractivity contribution in [2.45, 2.75) is 56.8 Å². The van der Waals surface area contributed by atoms with Gasteiger partial charge in [-0.05, 0) is 38.0 Å². The summed E-state index contributed by atoms with van der Waals surface area (Å²) in [7, 11) is 0. The van der Waals surface area contributed by atoms with Crippen LogP contribution in [0.25, 0.3) is 0 Å². The fraction of sp³-hybridized carbons (Fsp3) is 0.800. The lowest BCUT2D eigenvalue weighted by Crippen LogP contribution is -2.29. The molecule has 1 aromatic rings. The summed E-state index contributed by atoms with van der Waals surface area (Å²) >= 11 is 1.42. The lowest BCUT2D eigenvalue weighted by molar-refractivity contribution is -0.0547. The second-order valence-electron chi connectivity index (χ2n) is 6.00. The fourth-order valence-corrected chi connectivity index (χ4v) is 4.25. The molecule has 2 aliphatic rings. The quantitative estimate of drug-likeness (QED) is 0.825. The number of aromatic nitrogens is 1. The van der Waals surface area contributed by atoms with Crippen LogP contribution in [-0.4, -0.2) is 24.1 Å². The number of hydrogen-bond donors (Lipinski definition) is 0. The van der Waals surface area contributed by atoms with Crippen molar-refractivity contribution in [3.05, 3.63) is 16.1 Å². The summed E-state index contributed by atoms with van der Waals surface area (Å²) in [5.41, 5.74) is 0.998. The molecule has 1 aromatic heterocycles. The summed E-state index contributed by atoms with van der Waals surface area (Å²) < 4.78 is 33.3. The summed E-state index contributed by atoms with van der Waals surface area (Å²) in [5, 5.41) is 2.63. The van der Waals surface area contributed by atoms with Gasteiger partial charge < -0.3 is 4.74 Å². The van der Waals surface area contributed by atoms with Crippen LogP contribution < -0.4 is 0 Å². The Bertz CT molecular complexity index is 443. The molecular formula is C15H21F2NOS. The van der Waals surface area contributed by atoms with Crippen LogP contribution in [0.2, 0.25) is 0 Å². The average molecular weight is 301 g/mol. The monoisotopic (exact) mass is 301 g/mol. The van der Waals surface area contributed by atoms with Gasteiger partial charge in [0.25, 0.3) is 5.92 Å². The Morgan fingerprint density at radius 3 is 2.80 bits per heavy atom. The lowest BCUT2D eigenvalue weighted by Gasteiger charge is -2.29. The van der Waals surface area contributed by atoms with Gasteiger partial charge in [0.2, 0.25) is 0 Å². The molecule has 0 radical (unpaired) electrons. The maximum Gasteiger partial charge on any atom is 0.257 e. The van der Waals surface area contributed by atoms with Gasteiger partial charge in [0.15, 0.2) is 0 Å². The van der Waals surface area contributed by atoms with Gasteiger partial charge in [-0.15, -0.1) is 11.3 Å². The first-order chi connectivity index (χ1) is 9.65. The minimum absolute atomic E-state index is 0.0204. The third kappa shape index (κ3) is 3.19. The standard InChI is InChI=1S/C15H21F2NOS/c16-15(17)6-2-1-3-13(15)14-18-12(10-20-14)9-11-4-7-19-8-5-11/h10-11,13H,1-9H2. The van der Waals surface area contributed by atoms with Gasteiger partial charge in [-0.1, -0.05) is 6.42 Å². The highest BCUT2D eigenvalue weighted by Gasteiger charge is 2.43. The van der Waals surface area contributed by atoms with E-state index in [2.05, 4.69) is 4.98 Å². The molecule has 20 heavy (non-hydrogen) atoms. The molecule has 2 nitrogen and oxygen atoms in total. The van der Waals surface area contributed by atoms with Gasteiger partial charge in [0, 0.05) is 25.0 Å². The highest BCUT2D eigenvalue weighted by molar-refractivity contribution is 7.09. The van der Waals surface area contributed by atoms with Crippen molar-refractivity contribution in [2.75, 3.05) is 13.2 Å². The molecule has 0 aromatic carbocycles. The molecule has 0 bridgehead atoms. The van der Waals surface area contributed by atoms with Crippen LogP contribution >= 0.6 is 11.3 Å². The molecular weight excluding hydrogens is 280 g/mol. The van der Waals surface area contributed by atoms with Crippen molar-refractivity contribution in [2.24, 2.45) is 5.92 Å². The molecule has 0 amide bonds. The SMILES string of the molecule is FC1(F)CCCCC1c1nc(CC2CCOCC2)cs1. The van der Waals surface area contributed by atoms with E-state index in [1.54, 1.807) is 0 Å². The van der Waals surface area contributed by atoms with Gasteiger partial charge in [-0.3, -0.25) is 0 Å². The van der Waals surface area contributed by atoms with E-state index in [0.29, 0.717) is 23.8 Å². The van der Waals surface area contributed by atoms with Crippen molar-refractivity contribution in [1.29, 1.82) is 0 Å². The van der Waals surface area contributed by atoms with E-state index in [-0.39, 0.29) is 6.42 Å². The number of rotatable bonds is 3. The second-order valence-corrected chi connectivity index (χ2v) is 6.89. The van der Waals surface area contributed by atoms with Crippen LogP contribution in [0.15, 0.2) is 5.38 Å². The highest BCUT2D eigenvalue weighted by Crippen LogP contribution is 2.45. The van der Waals surface area contributed by atoms with Gasteiger partial charge in [0.1, 0.15) is 5.01 Å². The zero-order chi connectivity index (χ0) is 14.0. The zero-order valence-electron chi connectivity index (χ0n) is 11.6. The number of alkyl halides is 2. The van der Waals surface area contributed by atoms with Crippen LogP contribution in [-0.2, 0) is 11.2 Å². The van der Waals surface area contributed by atoms with E-state index in [1.807, 2.05) is 5.38 Å². The predicted octanol–water partition coefficient (Wildman–Crippen LogP) is 4.41. The first kappa shape index (κ1) is 14.4. The van der Waals surface area contributed by atoms with Crippen molar-refractivity contribution in [3.63, 3.8) is 0 Å². The van der Waals surface area contributed by atoms with Crippen molar-refractivity contribution in [3.8, 4) is 0 Å². The lowest BCUT2D eigenvalue weighted by atomic mass is 9.86. The molecule has 1 saturated heterocycles. The summed E-state index contributed by atoms with van der Waals surface area (Å²) in [5.74, 6) is -2.61. The Kier molecular flexibility index (Phi) is 4.36. The summed E-state index contributed by atoms with van der Waals surface area (Å²) in [6, 6.07) is 0. The molecule has 1 aliphatic heterocycles. The summed E-state index contributed by atoms with van der Waals surface area (Å²) in [4.78, 5) is 4.52. The number of thiazole rings is 1. The molecule has 1 saturated carbocycles. The van der Waals surface area contributed by atoms with Crippen molar-refractivity contribution < 1.29 is 13.5 Å². The number of halogens is 2.